The van der Waals surface area contributed by atoms with Gasteiger partial charge in [-0.2, -0.15) is 0 Å². The van der Waals surface area contributed by atoms with Gasteiger partial charge >= 0.3 is 0 Å². The van der Waals surface area contributed by atoms with Gasteiger partial charge in [-0.1, -0.05) is 64.7 Å². The number of hydrogen-bond acceptors (Lipinski definition) is 1. The molecule has 0 radical (unpaired) electrons. The van der Waals surface area contributed by atoms with Crippen molar-refractivity contribution >= 4 is 0 Å². The van der Waals surface area contributed by atoms with E-state index in [1.165, 1.54) is 64.2 Å². The predicted octanol–water partition coefficient (Wildman–Crippen LogP) is 4.25. The average molecular weight is 199 g/mol. The lowest BCUT2D eigenvalue weighted by molar-refractivity contribution is 0.504. The van der Waals surface area contributed by atoms with Crippen LogP contribution in [0.25, 0.3) is 0 Å². The SMILES string of the molecule is C1CCCCC1.CCCCCC(C)N. The molecule has 0 aliphatic heterocycles. The number of nitrogens with two attached hydrogens (primary N) is 1. The third-order valence-electron chi connectivity index (χ3n) is 2.76. The van der Waals surface area contributed by atoms with E-state index in [9.17, 15) is 0 Å². The van der Waals surface area contributed by atoms with Gasteiger partial charge in [0.15, 0.2) is 0 Å². The summed E-state index contributed by atoms with van der Waals surface area (Å²) in [5.74, 6) is 0. The summed E-state index contributed by atoms with van der Waals surface area (Å²) < 4.78 is 0. The van der Waals surface area contributed by atoms with Crippen molar-refractivity contribution in [2.24, 2.45) is 5.73 Å². The topological polar surface area (TPSA) is 26.0 Å². The predicted molar refractivity (Wildman–Crippen MR) is 65.5 cm³/mol. The molecule has 1 unspecified atom stereocenters. The Bertz CT molecular complexity index is 83.9. The number of rotatable bonds is 4. The lowest BCUT2D eigenvalue weighted by Gasteiger charge is -2.05. The summed E-state index contributed by atoms with van der Waals surface area (Å²) in [7, 11) is 0. The highest BCUT2D eigenvalue weighted by Crippen LogP contribution is 2.15. The van der Waals surface area contributed by atoms with Gasteiger partial charge in [-0.25, -0.2) is 0 Å². The van der Waals surface area contributed by atoms with E-state index in [1.54, 1.807) is 0 Å². The van der Waals surface area contributed by atoms with Crippen LogP contribution in [-0.4, -0.2) is 6.04 Å². The van der Waals surface area contributed by atoms with E-state index in [4.69, 9.17) is 5.73 Å². The summed E-state index contributed by atoms with van der Waals surface area (Å²) in [5, 5.41) is 0. The van der Waals surface area contributed by atoms with Gasteiger partial charge in [-0.3, -0.25) is 0 Å². The van der Waals surface area contributed by atoms with Gasteiger partial charge in [0.25, 0.3) is 0 Å². The molecule has 1 aliphatic carbocycles. The van der Waals surface area contributed by atoms with Gasteiger partial charge < -0.3 is 5.73 Å². The maximum absolute atomic E-state index is 5.53. The molecular weight excluding hydrogens is 170 g/mol. The molecule has 1 heteroatoms. The summed E-state index contributed by atoms with van der Waals surface area (Å²) in [6, 6.07) is 0.404. The van der Waals surface area contributed by atoms with Crippen LogP contribution in [0.1, 0.15) is 78.1 Å². The van der Waals surface area contributed by atoms with E-state index >= 15 is 0 Å². The van der Waals surface area contributed by atoms with E-state index in [-0.39, 0.29) is 0 Å². The average Bonchev–Trinajstić information content (AvgIpc) is 2.21. The molecule has 0 aromatic rings. The second-order valence-corrected chi connectivity index (χ2v) is 4.59. The minimum Gasteiger partial charge on any atom is -0.328 e. The second kappa shape index (κ2) is 11.0. The zero-order chi connectivity index (χ0) is 10.6. The van der Waals surface area contributed by atoms with Crippen LogP contribution in [0.3, 0.4) is 0 Å². The smallest absolute Gasteiger partial charge is 0.00104 e. The van der Waals surface area contributed by atoms with Crippen LogP contribution in [0.4, 0.5) is 0 Å². The Balaban J connectivity index is 0.000000249. The van der Waals surface area contributed by atoms with Crippen molar-refractivity contribution in [1.82, 2.24) is 0 Å². The van der Waals surface area contributed by atoms with Crippen molar-refractivity contribution < 1.29 is 0 Å². The van der Waals surface area contributed by atoms with Crippen molar-refractivity contribution in [2.75, 3.05) is 0 Å². The molecule has 1 rings (SSSR count). The molecule has 1 aliphatic rings. The first kappa shape index (κ1) is 14.0. The molecule has 0 aromatic heterocycles. The molecule has 0 heterocycles. The quantitative estimate of drug-likeness (QED) is 0.673. The third-order valence-corrected chi connectivity index (χ3v) is 2.76. The van der Waals surface area contributed by atoms with Crippen LogP contribution < -0.4 is 5.73 Å². The maximum atomic E-state index is 5.53. The van der Waals surface area contributed by atoms with Crippen molar-refractivity contribution in [3.05, 3.63) is 0 Å². The molecule has 0 bridgehead atoms. The molecule has 0 aromatic carbocycles. The van der Waals surface area contributed by atoms with Crippen LogP contribution in [0.5, 0.6) is 0 Å². The zero-order valence-electron chi connectivity index (χ0n) is 10.2. The van der Waals surface area contributed by atoms with Gasteiger partial charge in [0.1, 0.15) is 0 Å². The van der Waals surface area contributed by atoms with Gasteiger partial charge in [0, 0.05) is 6.04 Å². The molecule has 0 spiro atoms. The Kier molecular flexibility index (Phi) is 11.0. The number of hydrogen-bond donors (Lipinski definition) is 1. The molecule has 2 N–H and O–H groups in total. The fourth-order valence-corrected chi connectivity index (χ4v) is 1.78. The van der Waals surface area contributed by atoms with Crippen LogP contribution in [-0.2, 0) is 0 Å². The monoisotopic (exact) mass is 199 g/mol. The summed E-state index contributed by atoms with van der Waals surface area (Å²) in [6.45, 7) is 4.27. The lowest BCUT2D eigenvalue weighted by Crippen LogP contribution is -2.13. The second-order valence-electron chi connectivity index (χ2n) is 4.59. The van der Waals surface area contributed by atoms with Crippen LogP contribution in [0.2, 0.25) is 0 Å². The maximum Gasteiger partial charge on any atom is 0.00104 e. The fourth-order valence-electron chi connectivity index (χ4n) is 1.78. The standard InChI is InChI=1S/C7H17N.C6H12/c1-3-4-5-6-7(2)8;1-2-4-6-5-3-1/h7H,3-6,8H2,1-2H3;1-6H2. The zero-order valence-corrected chi connectivity index (χ0v) is 10.2. The summed E-state index contributed by atoms with van der Waals surface area (Å²) >= 11 is 0. The molecule has 1 nitrogen and oxygen atoms in total. The van der Waals surface area contributed by atoms with Crippen molar-refractivity contribution in [1.29, 1.82) is 0 Å². The van der Waals surface area contributed by atoms with Crippen molar-refractivity contribution in [3.8, 4) is 0 Å². The largest absolute Gasteiger partial charge is 0.328 e. The lowest BCUT2D eigenvalue weighted by atomic mass is 10.0. The minimum atomic E-state index is 0.404. The third kappa shape index (κ3) is 12.0. The minimum absolute atomic E-state index is 0.404. The first-order valence-electron chi connectivity index (χ1n) is 6.53. The highest BCUT2D eigenvalue weighted by Gasteiger charge is 1.95. The first-order chi connectivity index (χ1) is 6.77. The van der Waals surface area contributed by atoms with Crippen molar-refractivity contribution in [3.63, 3.8) is 0 Å². The Morgan fingerprint density at radius 1 is 0.929 bits per heavy atom. The van der Waals surface area contributed by atoms with Gasteiger partial charge in [-0.15, -0.1) is 0 Å². The molecule has 0 saturated heterocycles. The van der Waals surface area contributed by atoms with E-state index in [0.29, 0.717) is 6.04 Å². The fraction of sp³-hybridized carbons (Fsp3) is 1.00. The highest BCUT2D eigenvalue weighted by molar-refractivity contribution is 4.51. The summed E-state index contributed by atoms with van der Waals surface area (Å²) in [5.41, 5.74) is 5.53. The molecule has 86 valence electrons. The summed E-state index contributed by atoms with van der Waals surface area (Å²) in [6.07, 6.45) is 14.1. The Labute approximate surface area is 90.5 Å². The molecule has 1 saturated carbocycles. The van der Waals surface area contributed by atoms with E-state index < -0.39 is 0 Å². The van der Waals surface area contributed by atoms with Crippen molar-refractivity contribution in [2.45, 2.75) is 84.1 Å². The van der Waals surface area contributed by atoms with Gasteiger partial charge in [0.2, 0.25) is 0 Å². The molecule has 1 atom stereocenters. The van der Waals surface area contributed by atoms with E-state index in [0.717, 1.165) is 0 Å². The Morgan fingerprint density at radius 2 is 1.36 bits per heavy atom. The molecular formula is C13H29N. The number of unbranched alkanes of at least 4 members (excludes halogenated alkanes) is 2. The summed E-state index contributed by atoms with van der Waals surface area (Å²) in [4.78, 5) is 0. The van der Waals surface area contributed by atoms with Gasteiger partial charge in [0.05, 0.1) is 0 Å². The van der Waals surface area contributed by atoms with Crippen LogP contribution in [0.15, 0.2) is 0 Å². The Hall–Kier alpha value is -0.0400. The van der Waals surface area contributed by atoms with Crippen LogP contribution >= 0.6 is 0 Å². The van der Waals surface area contributed by atoms with E-state index in [1.807, 2.05) is 0 Å². The van der Waals surface area contributed by atoms with E-state index in [2.05, 4.69) is 13.8 Å². The normalized spacial score (nSPS) is 18.2. The molecule has 0 amide bonds. The first-order valence-corrected chi connectivity index (χ1v) is 6.53. The Morgan fingerprint density at radius 3 is 1.64 bits per heavy atom. The molecule has 1 fully saturated rings. The molecule has 14 heavy (non-hydrogen) atoms. The van der Waals surface area contributed by atoms with Crippen LogP contribution in [0, 0.1) is 0 Å². The van der Waals surface area contributed by atoms with Gasteiger partial charge in [-0.05, 0) is 13.3 Å². The highest BCUT2D eigenvalue weighted by atomic mass is 14.6.